The van der Waals surface area contributed by atoms with Crippen LogP contribution in [0, 0.1) is 18.8 Å². The Morgan fingerprint density at radius 1 is 1.50 bits per heavy atom. The number of hydrogen-bond acceptors (Lipinski definition) is 3. The number of rotatable bonds is 5. The molecule has 2 rings (SSSR count). The first-order valence-electron chi connectivity index (χ1n) is 7.50. The Balaban J connectivity index is 2.00. The minimum Gasteiger partial charge on any atom is -0.497 e. The number of aryl methyl sites for hydroxylation is 1. The molecule has 1 fully saturated rings. The number of ether oxygens (including phenoxy) is 1. The highest BCUT2D eigenvalue weighted by molar-refractivity contribution is 5.97. The molecule has 0 amide bonds. The van der Waals surface area contributed by atoms with Gasteiger partial charge in [-0.25, -0.2) is 0 Å². The van der Waals surface area contributed by atoms with Crippen LogP contribution >= 0.6 is 0 Å². The molecule has 20 heavy (non-hydrogen) atoms. The van der Waals surface area contributed by atoms with Gasteiger partial charge in [0.2, 0.25) is 0 Å². The minimum atomic E-state index is 0.253. The lowest BCUT2D eigenvalue weighted by Crippen LogP contribution is -2.34. The molecule has 0 saturated carbocycles. The van der Waals surface area contributed by atoms with E-state index in [1.807, 2.05) is 25.1 Å². The van der Waals surface area contributed by atoms with E-state index in [-0.39, 0.29) is 5.78 Å². The molecule has 0 spiro atoms. The highest BCUT2D eigenvalue weighted by Crippen LogP contribution is 2.25. The van der Waals surface area contributed by atoms with Crippen LogP contribution in [0.5, 0.6) is 5.75 Å². The lowest BCUT2D eigenvalue weighted by atomic mass is 9.83. The molecule has 1 aromatic rings. The summed E-state index contributed by atoms with van der Waals surface area (Å²) in [6, 6.07) is 5.69. The second kappa shape index (κ2) is 6.89. The van der Waals surface area contributed by atoms with Crippen LogP contribution < -0.4 is 10.1 Å². The van der Waals surface area contributed by atoms with Gasteiger partial charge in [-0.05, 0) is 68.5 Å². The molecule has 0 aliphatic carbocycles. The van der Waals surface area contributed by atoms with Gasteiger partial charge in [0.25, 0.3) is 0 Å². The van der Waals surface area contributed by atoms with Crippen LogP contribution in [0.1, 0.15) is 42.1 Å². The van der Waals surface area contributed by atoms with Gasteiger partial charge in [0.15, 0.2) is 5.78 Å². The summed E-state index contributed by atoms with van der Waals surface area (Å²) in [4.78, 5) is 12.5. The molecule has 110 valence electrons. The maximum absolute atomic E-state index is 12.5. The Hall–Kier alpha value is -1.35. The predicted molar refractivity (Wildman–Crippen MR) is 81.4 cm³/mol. The van der Waals surface area contributed by atoms with Crippen LogP contribution in [0.15, 0.2) is 18.2 Å². The van der Waals surface area contributed by atoms with Crippen molar-refractivity contribution in [3.05, 3.63) is 29.3 Å². The zero-order chi connectivity index (χ0) is 14.5. The monoisotopic (exact) mass is 275 g/mol. The summed E-state index contributed by atoms with van der Waals surface area (Å²) in [6.07, 6.45) is 3.10. The van der Waals surface area contributed by atoms with Crippen molar-refractivity contribution >= 4 is 5.78 Å². The number of Topliss-reactive ketones (excluding diaryl/α,β-unsaturated/α-hetero) is 1. The molecule has 1 N–H and O–H groups in total. The Morgan fingerprint density at radius 3 is 2.90 bits per heavy atom. The molecular formula is C17H25NO2. The van der Waals surface area contributed by atoms with E-state index in [1.165, 1.54) is 12.8 Å². The van der Waals surface area contributed by atoms with Crippen molar-refractivity contribution in [1.29, 1.82) is 0 Å². The quantitative estimate of drug-likeness (QED) is 0.839. The van der Waals surface area contributed by atoms with Crippen LogP contribution in [0.2, 0.25) is 0 Å². The fraction of sp³-hybridized carbons (Fsp3) is 0.588. The third-order valence-corrected chi connectivity index (χ3v) is 4.38. The Labute approximate surface area is 121 Å². The molecule has 3 heteroatoms. The van der Waals surface area contributed by atoms with Crippen LogP contribution in [0.3, 0.4) is 0 Å². The molecule has 3 nitrogen and oxygen atoms in total. The van der Waals surface area contributed by atoms with E-state index < -0.39 is 0 Å². The number of hydrogen-bond donors (Lipinski definition) is 1. The molecule has 0 radical (unpaired) electrons. The van der Waals surface area contributed by atoms with E-state index in [0.717, 1.165) is 30.0 Å². The number of piperidine rings is 1. The number of benzene rings is 1. The summed E-state index contributed by atoms with van der Waals surface area (Å²) in [7, 11) is 1.65. The third-order valence-electron chi connectivity index (χ3n) is 4.38. The SMILES string of the molecule is COc1ccc(C(=O)CC(C)C2CCCNC2)c(C)c1. The van der Waals surface area contributed by atoms with Gasteiger partial charge in [-0.2, -0.15) is 0 Å². The van der Waals surface area contributed by atoms with Gasteiger partial charge in [-0.3, -0.25) is 4.79 Å². The largest absolute Gasteiger partial charge is 0.497 e. The van der Waals surface area contributed by atoms with Gasteiger partial charge >= 0.3 is 0 Å². The number of carbonyl (C=O) groups is 1. The van der Waals surface area contributed by atoms with Gasteiger partial charge < -0.3 is 10.1 Å². The normalized spacial score (nSPS) is 20.4. The van der Waals surface area contributed by atoms with E-state index in [2.05, 4.69) is 12.2 Å². The van der Waals surface area contributed by atoms with E-state index in [4.69, 9.17) is 4.74 Å². The van der Waals surface area contributed by atoms with Gasteiger partial charge in [0, 0.05) is 12.0 Å². The van der Waals surface area contributed by atoms with Gasteiger partial charge in [-0.15, -0.1) is 0 Å². The smallest absolute Gasteiger partial charge is 0.163 e. The average Bonchev–Trinajstić information content (AvgIpc) is 2.47. The molecule has 1 aromatic carbocycles. The van der Waals surface area contributed by atoms with Crippen LogP contribution in [-0.4, -0.2) is 26.0 Å². The maximum atomic E-state index is 12.5. The van der Waals surface area contributed by atoms with Gasteiger partial charge in [-0.1, -0.05) is 6.92 Å². The summed E-state index contributed by atoms with van der Waals surface area (Å²) in [6.45, 7) is 6.35. The highest BCUT2D eigenvalue weighted by atomic mass is 16.5. The van der Waals surface area contributed by atoms with E-state index in [9.17, 15) is 4.79 Å². The predicted octanol–water partition coefficient (Wildman–Crippen LogP) is 3.21. The van der Waals surface area contributed by atoms with E-state index >= 15 is 0 Å². The Kier molecular flexibility index (Phi) is 5.18. The molecular weight excluding hydrogens is 250 g/mol. The average molecular weight is 275 g/mol. The summed E-state index contributed by atoms with van der Waals surface area (Å²) in [5.41, 5.74) is 1.84. The molecule has 2 atom stereocenters. The van der Waals surface area contributed by atoms with E-state index in [0.29, 0.717) is 18.3 Å². The standard InChI is InChI=1S/C17H25NO2/c1-12(14-5-4-8-18-11-14)10-17(19)16-7-6-15(20-3)9-13(16)2/h6-7,9,12,14,18H,4-5,8,10-11H2,1-3H3. The first-order valence-corrected chi connectivity index (χ1v) is 7.50. The van der Waals surface area contributed by atoms with Crippen molar-refractivity contribution in [3.63, 3.8) is 0 Å². The molecule has 2 unspecified atom stereocenters. The number of carbonyl (C=O) groups excluding carboxylic acids is 1. The first-order chi connectivity index (χ1) is 9.61. The van der Waals surface area contributed by atoms with Crippen molar-refractivity contribution in [2.45, 2.75) is 33.1 Å². The zero-order valence-corrected chi connectivity index (χ0v) is 12.7. The van der Waals surface area contributed by atoms with E-state index in [1.54, 1.807) is 7.11 Å². The summed E-state index contributed by atoms with van der Waals surface area (Å²) in [5, 5.41) is 3.43. The number of ketones is 1. The molecule has 1 heterocycles. The van der Waals surface area contributed by atoms with Crippen molar-refractivity contribution in [2.75, 3.05) is 20.2 Å². The molecule has 1 aliphatic rings. The topological polar surface area (TPSA) is 38.3 Å². The lowest BCUT2D eigenvalue weighted by molar-refractivity contribution is 0.0942. The molecule has 0 aromatic heterocycles. The second-order valence-corrected chi connectivity index (χ2v) is 5.89. The van der Waals surface area contributed by atoms with Crippen molar-refractivity contribution in [1.82, 2.24) is 5.32 Å². The summed E-state index contributed by atoms with van der Waals surface area (Å²) < 4.78 is 5.19. The fourth-order valence-electron chi connectivity index (χ4n) is 3.01. The Morgan fingerprint density at radius 2 is 2.30 bits per heavy atom. The zero-order valence-electron chi connectivity index (χ0n) is 12.7. The van der Waals surface area contributed by atoms with Crippen LogP contribution in [0.25, 0.3) is 0 Å². The van der Waals surface area contributed by atoms with Crippen molar-refractivity contribution in [2.24, 2.45) is 11.8 Å². The van der Waals surface area contributed by atoms with Crippen molar-refractivity contribution < 1.29 is 9.53 Å². The summed E-state index contributed by atoms with van der Waals surface area (Å²) >= 11 is 0. The lowest BCUT2D eigenvalue weighted by Gasteiger charge is -2.28. The first kappa shape index (κ1) is 15.0. The second-order valence-electron chi connectivity index (χ2n) is 5.89. The van der Waals surface area contributed by atoms with Crippen molar-refractivity contribution in [3.8, 4) is 5.75 Å². The van der Waals surface area contributed by atoms with Gasteiger partial charge in [0.05, 0.1) is 7.11 Å². The maximum Gasteiger partial charge on any atom is 0.163 e. The number of nitrogens with one attached hydrogen (secondary N) is 1. The third kappa shape index (κ3) is 3.60. The minimum absolute atomic E-state index is 0.253. The summed E-state index contributed by atoms with van der Waals surface area (Å²) in [5.74, 6) is 2.13. The Bertz CT molecular complexity index is 464. The van der Waals surface area contributed by atoms with Crippen LogP contribution in [-0.2, 0) is 0 Å². The number of methoxy groups -OCH3 is 1. The van der Waals surface area contributed by atoms with Gasteiger partial charge in [0.1, 0.15) is 5.75 Å². The highest BCUT2D eigenvalue weighted by Gasteiger charge is 2.23. The molecule has 1 aliphatic heterocycles. The molecule has 0 bridgehead atoms. The fourth-order valence-corrected chi connectivity index (χ4v) is 3.01. The van der Waals surface area contributed by atoms with Crippen LogP contribution in [0.4, 0.5) is 0 Å². The molecule has 1 saturated heterocycles.